The SMILES string of the molecule is CCOCc1cc(OC)c(-c2cnc(C[C@H](NCOCc3c(F)cccc3F)C(=O)O)c3cccnc23)c(OC)c1. The molecule has 11 heteroatoms. The molecule has 0 saturated carbocycles. The predicted octanol–water partition coefficient (Wildman–Crippen LogP) is 4.89. The van der Waals surface area contributed by atoms with E-state index in [9.17, 15) is 18.7 Å². The molecule has 216 valence electrons. The maximum absolute atomic E-state index is 13.9. The van der Waals surface area contributed by atoms with Crippen LogP contribution in [0.25, 0.3) is 22.0 Å². The molecule has 41 heavy (non-hydrogen) atoms. The summed E-state index contributed by atoms with van der Waals surface area (Å²) in [6, 6.07) is 9.72. The number of halogens is 2. The molecule has 2 aromatic carbocycles. The number of carbonyl (C=O) groups is 1. The van der Waals surface area contributed by atoms with E-state index in [0.29, 0.717) is 52.4 Å². The number of carboxylic acids is 1. The number of rotatable bonds is 14. The van der Waals surface area contributed by atoms with E-state index in [1.807, 2.05) is 25.1 Å². The summed E-state index contributed by atoms with van der Waals surface area (Å²) in [6.07, 6.45) is 3.25. The molecule has 0 bridgehead atoms. The Bertz CT molecular complexity index is 1470. The molecule has 0 fully saturated rings. The predicted molar refractivity (Wildman–Crippen MR) is 148 cm³/mol. The number of fused-ring (bicyclic) bond motifs is 1. The normalized spacial score (nSPS) is 11.9. The first-order valence-electron chi connectivity index (χ1n) is 12.9. The van der Waals surface area contributed by atoms with Gasteiger partial charge in [-0.2, -0.15) is 0 Å². The second-order valence-corrected chi connectivity index (χ2v) is 9.02. The molecule has 0 radical (unpaired) electrons. The van der Waals surface area contributed by atoms with Crippen LogP contribution in [0.1, 0.15) is 23.7 Å². The van der Waals surface area contributed by atoms with Gasteiger partial charge in [-0.05, 0) is 48.9 Å². The molecule has 4 rings (SSSR count). The molecular formula is C30H31F2N3O6. The Morgan fingerprint density at radius 1 is 1.00 bits per heavy atom. The minimum Gasteiger partial charge on any atom is -0.496 e. The molecule has 0 unspecified atom stereocenters. The second-order valence-electron chi connectivity index (χ2n) is 9.02. The number of aliphatic carboxylic acids is 1. The standard InChI is InChI=1S/C30H31F2N3O6/c1-4-40-15-18-11-26(38-2)28(27(12-18)39-3)20-14-34-24(19-7-6-10-33-29(19)20)13-25(30(36)37)35-17-41-16-21-22(31)8-5-9-23(21)32/h5-12,14,25,35H,4,13,15-17H2,1-3H3,(H,36,37)/t25-/m0/s1. The van der Waals surface area contributed by atoms with Crippen molar-refractivity contribution in [3.8, 4) is 22.6 Å². The topological polar surface area (TPSA) is 112 Å². The lowest BCUT2D eigenvalue weighted by molar-refractivity contribution is -0.140. The number of methoxy groups -OCH3 is 2. The Kier molecular flexibility index (Phi) is 10.1. The fourth-order valence-electron chi connectivity index (χ4n) is 4.43. The van der Waals surface area contributed by atoms with E-state index >= 15 is 0 Å². The van der Waals surface area contributed by atoms with E-state index in [-0.39, 0.29) is 25.3 Å². The molecule has 2 heterocycles. The van der Waals surface area contributed by atoms with Crippen LogP contribution in [0.4, 0.5) is 8.78 Å². The van der Waals surface area contributed by atoms with E-state index in [1.54, 1.807) is 32.7 Å². The number of nitrogens with zero attached hydrogens (tertiary/aromatic N) is 2. The van der Waals surface area contributed by atoms with Gasteiger partial charge in [0.1, 0.15) is 29.2 Å². The summed E-state index contributed by atoms with van der Waals surface area (Å²) in [5, 5.41) is 13.3. The Morgan fingerprint density at radius 2 is 1.71 bits per heavy atom. The van der Waals surface area contributed by atoms with Crippen LogP contribution in [0, 0.1) is 11.6 Å². The van der Waals surface area contributed by atoms with Crippen LogP contribution in [0.15, 0.2) is 54.9 Å². The van der Waals surface area contributed by atoms with Crippen LogP contribution < -0.4 is 14.8 Å². The average molecular weight is 568 g/mol. The molecule has 0 amide bonds. The average Bonchev–Trinajstić information content (AvgIpc) is 2.98. The Hall–Kier alpha value is -4.19. The summed E-state index contributed by atoms with van der Waals surface area (Å²) in [5.41, 5.74) is 3.02. The Balaban J connectivity index is 1.60. The van der Waals surface area contributed by atoms with E-state index in [1.165, 1.54) is 6.07 Å². The van der Waals surface area contributed by atoms with Gasteiger partial charge in [0.05, 0.1) is 50.9 Å². The number of hydrogen-bond acceptors (Lipinski definition) is 8. The maximum Gasteiger partial charge on any atom is 0.321 e. The number of carboxylic acid groups (broad SMARTS) is 1. The fourth-order valence-corrected chi connectivity index (χ4v) is 4.43. The number of benzene rings is 2. The highest BCUT2D eigenvalue weighted by Crippen LogP contribution is 2.42. The van der Waals surface area contributed by atoms with E-state index in [2.05, 4.69) is 15.3 Å². The fraction of sp³-hybridized carbons (Fsp3) is 0.300. The quantitative estimate of drug-likeness (QED) is 0.163. The van der Waals surface area contributed by atoms with Gasteiger partial charge >= 0.3 is 5.97 Å². The van der Waals surface area contributed by atoms with Crippen molar-refractivity contribution in [3.05, 3.63) is 83.3 Å². The lowest BCUT2D eigenvalue weighted by Crippen LogP contribution is -2.40. The van der Waals surface area contributed by atoms with Crippen LogP contribution in [-0.4, -0.2) is 54.6 Å². The van der Waals surface area contributed by atoms with Crippen molar-refractivity contribution >= 4 is 16.9 Å². The first kappa shape index (κ1) is 29.8. The van der Waals surface area contributed by atoms with Crippen molar-refractivity contribution < 1.29 is 37.6 Å². The smallest absolute Gasteiger partial charge is 0.321 e. The first-order valence-corrected chi connectivity index (χ1v) is 12.9. The van der Waals surface area contributed by atoms with Gasteiger partial charge in [0.15, 0.2) is 0 Å². The zero-order chi connectivity index (χ0) is 29.4. The largest absolute Gasteiger partial charge is 0.496 e. The summed E-state index contributed by atoms with van der Waals surface area (Å²) in [6.45, 7) is 2.27. The molecule has 4 aromatic rings. The number of ether oxygens (including phenoxy) is 4. The lowest BCUT2D eigenvalue weighted by Gasteiger charge is -2.19. The summed E-state index contributed by atoms with van der Waals surface area (Å²) >= 11 is 0. The van der Waals surface area contributed by atoms with Crippen molar-refractivity contribution in [2.75, 3.05) is 27.6 Å². The molecule has 0 spiro atoms. The minimum absolute atomic E-state index is 0.00318. The Morgan fingerprint density at radius 3 is 2.34 bits per heavy atom. The highest BCUT2D eigenvalue weighted by Gasteiger charge is 2.23. The molecule has 9 nitrogen and oxygen atoms in total. The molecule has 2 aromatic heterocycles. The molecule has 1 atom stereocenters. The van der Waals surface area contributed by atoms with Gasteiger partial charge in [0.2, 0.25) is 0 Å². The second kappa shape index (κ2) is 13.9. The highest BCUT2D eigenvalue weighted by molar-refractivity contribution is 5.97. The molecule has 0 saturated heterocycles. The lowest BCUT2D eigenvalue weighted by atomic mass is 9.98. The van der Waals surface area contributed by atoms with Gasteiger partial charge in [0, 0.05) is 41.9 Å². The van der Waals surface area contributed by atoms with E-state index in [4.69, 9.17) is 18.9 Å². The zero-order valence-corrected chi connectivity index (χ0v) is 22.9. The van der Waals surface area contributed by atoms with Crippen LogP contribution in [0.2, 0.25) is 0 Å². The summed E-state index contributed by atoms with van der Waals surface area (Å²) in [5.74, 6) is -1.51. The molecule has 2 N–H and O–H groups in total. The third kappa shape index (κ3) is 6.94. The van der Waals surface area contributed by atoms with Crippen LogP contribution in [0.3, 0.4) is 0 Å². The van der Waals surface area contributed by atoms with Crippen molar-refractivity contribution in [2.45, 2.75) is 32.6 Å². The van der Waals surface area contributed by atoms with Gasteiger partial charge < -0.3 is 24.1 Å². The molecule has 0 aliphatic rings. The number of nitrogens with one attached hydrogen (secondary N) is 1. The zero-order valence-electron chi connectivity index (χ0n) is 22.9. The summed E-state index contributed by atoms with van der Waals surface area (Å²) in [7, 11) is 3.12. The molecule has 0 aliphatic heterocycles. The summed E-state index contributed by atoms with van der Waals surface area (Å²) in [4.78, 5) is 21.2. The highest BCUT2D eigenvalue weighted by atomic mass is 19.1. The summed E-state index contributed by atoms with van der Waals surface area (Å²) < 4.78 is 50.0. The van der Waals surface area contributed by atoms with Gasteiger partial charge in [0.25, 0.3) is 0 Å². The monoisotopic (exact) mass is 567 g/mol. The van der Waals surface area contributed by atoms with Crippen LogP contribution in [0.5, 0.6) is 11.5 Å². The minimum atomic E-state index is -1.14. The van der Waals surface area contributed by atoms with Gasteiger partial charge in [-0.1, -0.05) is 6.07 Å². The van der Waals surface area contributed by atoms with Gasteiger partial charge in [-0.25, -0.2) is 8.78 Å². The molecule has 0 aliphatic carbocycles. The Labute approximate surface area is 236 Å². The van der Waals surface area contributed by atoms with Crippen molar-refractivity contribution in [1.82, 2.24) is 15.3 Å². The van der Waals surface area contributed by atoms with Gasteiger partial charge in [-0.15, -0.1) is 0 Å². The van der Waals surface area contributed by atoms with Gasteiger partial charge in [-0.3, -0.25) is 20.1 Å². The third-order valence-electron chi connectivity index (χ3n) is 6.47. The maximum atomic E-state index is 13.9. The first-order chi connectivity index (χ1) is 19.9. The van der Waals surface area contributed by atoms with Crippen LogP contribution >= 0.6 is 0 Å². The number of pyridine rings is 2. The van der Waals surface area contributed by atoms with E-state index in [0.717, 1.165) is 17.7 Å². The van der Waals surface area contributed by atoms with Crippen molar-refractivity contribution in [2.24, 2.45) is 0 Å². The molecular weight excluding hydrogens is 536 g/mol. The van der Waals surface area contributed by atoms with Crippen molar-refractivity contribution in [1.29, 1.82) is 0 Å². The number of hydrogen-bond donors (Lipinski definition) is 2. The van der Waals surface area contributed by atoms with Crippen LogP contribution in [-0.2, 0) is 33.9 Å². The van der Waals surface area contributed by atoms with Crippen molar-refractivity contribution in [3.63, 3.8) is 0 Å². The number of aromatic nitrogens is 2. The third-order valence-corrected chi connectivity index (χ3v) is 6.47. The van der Waals surface area contributed by atoms with E-state index < -0.39 is 23.6 Å².